The molecule has 0 unspecified atom stereocenters. The van der Waals surface area contributed by atoms with E-state index in [1.165, 1.54) is 21.3 Å². The van der Waals surface area contributed by atoms with Crippen molar-refractivity contribution < 1.29 is 19.0 Å². The minimum absolute atomic E-state index is 0.177. The molecule has 0 saturated carbocycles. The van der Waals surface area contributed by atoms with E-state index in [1.807, 2.05) is 31.2 Å². The molecule has 3 aromatic rings. The molecule has 1 aromatic heterocycles. The van der Waals surface area contributed by atoms with Gasteiger partial charge in [0.2, 0.25) is 5.75 Å². The zero-order chi connectivity index (χ0) is 21.0. The van der Waals surface area contributed by atoms with Crippen LogP contribution in [0.4, 0.5) is 0 Å². The topological polar surface area (TPSA) is 90.4 Å². The molecular formula is C20H22N4O4S. The lowest BCUT2D eigenvalue weighted by atomic mass is 10.1. The number of nitrogens with one attached hydrogen (secondary N) is 2. The van der Waals surface area contributed by atoms with Crippen LogP contribution >= 0.6 is 12.2 Å². The van der Waals surface area contributed by atoms with Gasteiger partial charge in [-0.2, -0.15) is 5.10 Å². The van der Waals surface area contributed by atoms with Gasteiger partial charge < -0.3 is 19.5 Å². The maximum Gasteiger partial charge on any atom is 0.251 e. The van der Waals surface area contributed by atoms with E-state index >= 15 is 0 Å². The van der Waals surface area contributed by atoms with Crippen molar-refractivity contribution in [1.29, 1.82) is 0 Å². The Bertz CT molecular complexity index is 1070. The number of rotatable bonds is 7. The number of methoxy groups -OCH3 is 3. The number of ether oxygens (including phenoxy) is 3. The molecule has 0 aliphatic carbocycles. The molecule has 0 aliphatic heterocycles. The zero-order valence-corrected chi connectivity index (χ0v) is 17.4. The summed E-state index contributed by atoms with van der Waals surface area (Å²) < 4.78 is 18.1. The highest BCUT2D eigenvalue weighted by atomic mass is 32.1. The van der Waals surface area contributed by atoms with E-state index < -0.39 is 0 Å². The van der Waals surface area contributed by atoms with E-state index in [0.29, 0.717) is 33.4 Å². The van der Waals surface area contributed by atoms with E-state index in [-0.39, 0.29) is 12.5 Å². The number of carbonyl (C=O) groups is 1. The number of hydrogen-bond acceptors (Lipinski definition) is 6. The average Bonchev–Trinajstić information content (AvgIpc) is 3.11. The zero-order valence-electron chi connectivity index (χ0n) is 16.6. The predicted molar refractivity (Wildman–Crippen MR) is 111 cm³/mol. The Hall–Kier alpha value is -3.33. The maximum absolute atomic E-state index is 12.7. The van der Waals surface area contributed by atoms with Crippen LogP contribution in [0.5, 0.6) is 17.2 Å². The van der Waals surface area contributed by atoms with Crippen molar-refractivity contribution in [2.45, 2.75) is 13.5 Å². The summed E-state index contributed by atoms with van der Waals surface area (Å²) in [7, 11) is 4.51. The molecule has 1 heterocycles. The van der Waals surface area contributed by atoms with Gasteiger partial charge in [0.25, 0.3) is 5.91 Å². The fourth-order valence-electron chi connectivity index (χ4n) is 2.96. The second-order valence-corrected chi connectivity index (χ2v) is 6.60. The molecule has 1 amide bonds. The number of benzene rings is 2. The van der Waals surface area contributed by atoms with Crippen LogP contribution in [0.3, 0.4) is 0 Å². The molecule has 0 aliphatic rings. The highest BCUT2D eigenvalue weighted by Crippen LogP contribution is 2.38. The summed E-state index contributed by atoms with van der Waals surface area (Å²) in [5.41, 5.74) is 2.34. The van der Waals surface area contributed by atoms with Crippen molar-refractivity contribution >= 4 is 18.1 Å². The number of carbonyl (C=O) groups excluding carboxylic acids is 1. The molecule has 0 radical (unpaired) electrons. The van der Waals surface area contributed by atoms with Gasteiger partial charge in [0, 0.05) is 11.3 Å². The first-order valence-electron chi connectivity index (χ1n) is 8.80. The second-order valence-electron chi connectivity index (χ2n) is 6.22. The molecule has 2 N–H and O–H groups in total. The first kappa shape index (κ1) is 20.4. The Kier molecular flexibility index (Phi) is 6.18. The third-order valence-electron chi connectivity index (χ3n) is 4.34. The van der Waals surface area contributed by atoms with Crippen LogP contribution in [0.1, 0.15) is 21.7 Å². The van der Waals surface area contributed by atoms with Gasteiger partial charge in [-0.3, -0.25) is 14.5 Å². The molecule has 29 heavy (non-hydrogen) atoms. The Labute approximate surface area is 173 Å². The van der Waals surface area contributed by atoms with E-state index in [4.69, 9.17) is 26.4 Å². The number of H-pyrrole nitrogens is 1. The molecule has 9 heteroatoms. The average molecular weight is 414 g/mol. The standard InChI is InChI=1S/C20H22N4O4S/c1-12-6-5-7-14(8-12)24-17(22-23-20(24)29)11-21-19(25)13-9-15(26-2)18(28-4)16(10-13)27-3/h5-10H,11H2,1-4H3,(H,21,25)(H,23,29). The molecule has 0 bridgehead atoms. The number of aryl methyl sites for hydroxylation is 1. The lowest BCUT2D eigenvalue weighted by Crippen LogP contribution is -2.24. The van der Waals surface area contributed by atoms with Crippen LogP contribution in [-0.4, -0.2) is 42.0 Å². The van der Waals surface area contributed by atoms with Gasteiger partial charge in [-0.25, -0.2) is 0 Å². The smallest absolute Gasteiger partial charge is 0.251 e. The van der Waals surface area contributed by atoms with Crippen molar-refractivity contribution in [2.75, 3.05) is 21.3 Å². The van der Waals surface area contributed by atoms with E-state index in [1.54, 1.807) is 16.7 Å². The summed E-state index contributed by atoms with van der Waals surface area (Å²) >= 11 is 5.35. The Balaban J connectivity index is 1.85. The molecule has 3 rings (SSSR count). The summed E-state index contributed by atoms with van der Waals surface area (Å²) in [5, 5.41) is 9.88. The molecule has 2 aromatic carbocycles. The molecule has 0 spiro atoms. The molecular weight excluding hydrogens is 392 g/mol. The van der Waals surface area contributed by atoms with Crippen molar-refractivity contribution in [2.24, 2.45) is 0 Å². The van der Waals surface area contributed by atoms with Crippen molar-refractivity contribution in [1.82, 2.24) is 20.1 Å². The number of aromatic amines is 1. The number of aromatic nitrogens is 3. The fourth-order valence-corrected chi connectivity index (χ4v) is 3.21. The van der Waals surface area contributed by atoms with E-state index in [0.717, 1.165) is 11.3 Å². The highest BCUT2D eigenvalue weighted by molar-refractivity contribution is 7.71. The molecule has 8 nitrogen and oxygen atoms in total. The molecule has 0 fully saturated rings. The van der Waals surface area contributed by atoms with E-state index in [9.17, 15) is 4.79 Å². The van der Waals surface area contributed by atoms with Crippen molar-refractivity contribution in [3.63, 3.8) is 0 Å². The summed E-state index contributed by atoms with van der Waals surface area (Å²) in [6, 6.07) is 11.1. The van der Waals surface area contributed by atoms with Gasteiger partial charge in [-0.1, -0.05) is 12.1 Å². The van der Waals surface area contributed by atoms with Gasteiger partial charge in [0.1, 0.15) is 0 Å². The predicted octanol–water partition coefficient (Wildman–Crippen LogP) is 3.19. The van der Waals surface area contributed by atoms with Crippen molar-refractivity contribution in [3.05, 3.63) is 58.1 Å². The Morgan fingerprint density at radius 3 is 2.41 bits per heavy atom. The van der Waals surface area contributed by atoms with Crippen LogP contribution < -0.4 is 19.5 Å². The van der Waals surface area contributed by atoms with Gasteiger partial charge in [0.05, 0.1) is 27.9 Å². The van der Waals surface area contributed by atoms with Crippen LogP contribution in [0, 0.1) is 11.7 Å². The third kappa shape index (κ3) is 4.24. The summed E-state index contributed by atoms with van der Waals surface area (Å²) in [5.74, 6) is 1.50. The van der Waals surface area contributed by atoms with Crippen LogP contribution in [0.15, 0.2) is 36.4 Å². The van der Waals surface area contributed by atoms with Crippen LogP contribution in [0.25, 0.3) is 5.69 Å². The summed E-state index contributed by atoms with van der Waals surface area (Å²) in [4.78, 5) is 12.7. The largest absolute Gasteiger partial charge is 0.493 e. The van der Waals surface area contributed by atoms with Crippen LogP contribution in [-0.2, 0) is 6.54 Å². The number of amides is 1. The van der Waals surface area contributed by atoms with Gasteiger partial charge >= 0.3 is 0 Å². The highest BCUT2D eigenvalue weighted by Gasteiger charge is 2.18. The first-order chi connectivity index (χ1) is 14.0. The molecule has 152 valence electrons. The number of nitrogens with zero attached hydrogens (tertiary/aromatic N) is 2. The van der Waals surface area contributed by atoms with Gasteiger partial charge in [-0.15, -0.1) is 0 Å². The first-order valence-corrected chi connectivity index (χ1v) is 9.20. The second kappa shape index (κ2) is 8.78. The monoisotopic (exact) mass is 414 g/mol. The maximum atomic E-state index is 12.7. The lowest BCUT2D eigenvalue weighted by molar-refractivity contribution is 0.0949. The SMILES string of the molecule is COc1cc(C(=O)NCc2n[nH]c(=S)n2-c2cccc(C)c2)cc(OC)c1OC. The normalized spacial score (nSPS) is 10.5. The minimum atomic E-state index is -0.311. The minimum Gasteiger partial charge on any atom is -0.493 e. The lowest BCUT2D eigenvalue weighted by Gasteiger charge is -2.14. The third-order valence-corrected chi connectivity index (χ3v) is 4.61. The van der Waals surface area contributed by atoms with Gasteiger partial charge in [-0.05, 0) is 49.0 Å². The summed E-state index contributed by atoms with van der Waals surface area (Å²) in [6.45, 7) is 2.18. The molecule has 0 atom stereocenters. The van der Waals surface area contributed by atoms with Crippen molar-refractivity contribution in [3.8, 4) is 22.9 Å². The Morgan fingerprint density at radius 1 is 1.14 bits per heavy atom. The molecule has 0 saturated heterocycles. The van der Waals surface area contributed by atoms with Crippen LogP contribution in [0.2, 0.25) is 0 Å². The number of hydrogen-bond donors (Lipinski definition) is 2. The Morgan fingerprint density at radius 2 is 1.83 bits per heavy atom. The fraction of sp³-hybridized carbons (Fsp3) is 0.250. The summed E-state index contributed by atoms with van der Waals surface area (Å²) in [6.07, 6.45) is 0. The quantitative estimate of drug-likeness (QED) is 0.577. The van der Waals surface area contributed by atoms with Gasteiger partial charge in [0.15, 0.2) is 22.1 Å². The van der Waals surface area contributed by atoms with E-state index in [2.05, 4.69) is 15.5 Å².